The van der Waals surface area contributed by atoms with Crippen molar-refractivity contribution in [2.45, 2.75) is 31.8 Å². The molecule has 15 heteroatoms. The van der Waals surface area contributed by atoms with E-state index in [4.69, 9.17) is 32.4 Å². The average molecular weight is 721 g/mol. The first-order chi connectivity index (χ1) is 23.4. The molecule has 0 saturated heterocycles. The lowest BCUT2D eigenvalue weighted by Gasteiger charge is -2.12. The zero-order valence-corrected chi connectivity index (χ0v) is 28.3. The molecule has 0 aliphatic heterocycles. The van der Waals surface area contributed by atoms with E-state index in [1.165, 1.54) is 10.9 Å². The van der Waals surface area contributed by atoms with Crippen LogP contribution in [0, 0.1) is 24.0 Å². The third kappa shape index (κ3) is 7.38. The van der Waals surface area contributed by atoms with Crippen LogP contribution in [0.1, 0.15) is 32.9 Å². The van der Waals surface area contributed by atoms with Crippen LogP contribution in [0.2, 0.25) is 10.0 Å². The van der Waals surface area contributed by atoms with Crippen LogP contribution in [0.3, 0.4) is 0 Å². The molecule has 250 valence electrons. The van der Waals surface area contributed by atoms with Crippen molar-refractivity contribution in [1.29, 1.82) is 0 Å². The van der Waals surface area contributed by atoms with Crippen molar-refractivity contribution in [3.05, 3.63) is 139 Å². The third-order valence-corrected chi connectivity index (χ3v) is 9.71. The van der Waals surface area contributed by atoms with Crippen LogP contribution in [-0.2, 0) is 23.1 Å². The minimum Gasteiger partial charge on any atom is -0.467 e. The zero-order valence-electron chi connectivity index (χ0n) is 25.9. The van der Waals surface area contributed by atoms with E-state index in [0.717, 1.165) is 34.9 Å². The summed E-state index contributed by atoms with van der Waals surface area (Å²) in [5, 5.41) is 20.4. The van der Waals surface area contributed by atoms with Gasteiger partial charge < -0.3 is 14.5 Å². The topological polar surface area (TPSA) is 159 Å². The zero-order chi connectivity index (χ0) is 34.9. The molecule has 2 aromatic heterocycles. The predicted molar refractivity (Wildman–Crippen MR) is 185 cm³/mol. The number of rotatable bonds is 11. The summed E-state index contributed by atoms with van der Waals surface area (Å²) in [7, 11) is -4.51. The summed E-state index contributed by atoms with van der Waals surface area (Å²) in [6.07, 6.45) is 1.44. The Hall–Kier alpha value is -5.37. The second kappa shape index (κ2) is 13.6. The number of amides is 1. The molecule has 0 atom stereocenters. The van der Waals surface area contributed by atoms with Crippen molar-refractivity contribution in [1.82, 2.24) is 14.5 Å². The first kappa shape index (κ1) is 33.5. The summed E-state index contributed by atoms with van der Waals surface area (Å²) in [6.45, 7) is 3.96. The molecular formula is C34H27Cl2N5O7S. The Bertz CT molecular complexity index is 2300. The van der Waals surface area contributed by atoms with E-state index < -0.39 is 20.9 Å². The molecule has 0 bridgehead atoms. The number of nitrogens with one attached hydrogen (secondary N) is 2. The molecule has 0 radical (unpaired) electrons. The Kier molecular flexibility index (Phi) is 9.32. The standard InChI is InChI=1S/C34H27Cl2N5O7S/c1-20-14-26(15-21(2)32(20)36)48-24-8-5-22(6-9-24)19-40-33(28-11-7-23(35)16-29(28)38-40)34(42)39-49(45,46)27-10-12-31(41(43)44)30(17-27)37-18-25-4-3-13-47-25/h3-17,37H,18-19H2,1-2H3,(H,39,42). The number of aryl methyl sites for hydroxylation is 2. The molecule has 6 rings (SSSR count). The highest BCUT2D eigenvalue weighted by Crippen LogP contribution is 2.31. The van der Waals surface area contributed by atoms with Gasteiger partial charge in [-0.2, -0.15) is 5.10 Å². The number of aromatic nitrogens is 2. The van der Waals surface area contributed by atoms with Crippen molar-refractivity contribution >= 4 is 61.4 Å². The Morgan fingerprint density at radius 3 is 2.39 bits per heavy atom. The summed E-state index contributed by atoms with van der Waals surface area (Å²) in [5.74, 6) is 0.732. The van der Waals surface area contributed by atoms with E-state index in [1.807, 2.05) is 26.0 Å². The van der Waals surface area contributed by atoms with E-state index in [0.29, 0.717) is 38.2 Å². The van der Waals surface area contributed by atoms with Gasteiger partial charge in [-0.15, -0.1) is 0 Å². The predicted octanol–water partition coefficient (Wildman–Crippen LogP) is 8.03. The van der Waals surface area contributed by atoms with Gasteiger partial charge in [-0.1, -0.05) is 35.3 Å². The van der Waals surface area contributed by atoms with E-state index in [1.54, 1.807) is 54.6 Å². The molecule has 0 spiro atoms. The summed E-state index contributed by atoms with van der Waals surface area (Å²) >= 11 is 12.5. The molecule has 6 aromatic rings. The van der Waals surface area contributed by atoms with Crippen LogP contribution in [0.25, 0.3) is 10.9 Å². The third-order valence-electron chi connectivity index (χ3n) is 7.55. The molecule has 4 aromatic carbocycles. The van der Waals surface area contributed by atoms with Crippen LogP contribution in [-0.4, -0.2) is 29.0 Å². The lowest BCUT2D eigenvalue weighted by atomic mass is 10.1. The van der Waals surface area contributed by atoms with Crippen LogP contribution in [0.15, 0.2) is 101 Å². The van der Waals surface area contributed by atoms with Gasteiger partial charge in [0.2, 0.25) is 0 Å². The van der Waals surface area contributed by atoms with Crippen molar-refractivity contribution in [3.63, 3.8) is 0 Å². The maximum Gasteiger partial charge on any atom is 0.292 e. The fourth-order valence-electron chi connectivity index (χ4n) is 5.21. The van der Waals surface area contributed by atoms with Gasteiger partial charge in [0, 0.05) is 21.5 Å². The summed E-state index contributed by atoms with van der Waals surface area (Å²) in [4.78, 5) is 24.4. The Morgan fingerprint density at radius 2 is 1.71 bits per heavy atom. The molecule has 49 heavy (non-hydrogen) atoms. The average Bonchev–Trinajstić information content (AvgIpc) is 3.70. The molecule has 0 unspecified atom stereocenters. The highest BCUT2D eigenvalue weighted by molar-refractivity contribution is 7.90. The van der Waals surface area contributed by atoms with Gasteiger partial charge in [-0.3, -0.25) is 19.6 Å². The summed E-state index contributed by atoms with van der Waals surface area (Å²) < 4.78 is 41.7. The largest absolute Gasteiger partial charge is 0.467 e. The number of hydrogen-bond acceptors (Lipinski definition) is 9. The lowest BCUT2D eigenvalue weighted by Crippen LogP contribution is -2.32. The Labute approximate surface area is 290 Å². The number of benzene rings is 4. The van der Waals surface area contributed by atoms with Gasteiger partial charge in [0.1, 0.15) is 28.6 Å². The smallest absolute Gasteiger partial charge is 0.292 e. The Morgan fingerprint density at radius 1 is 0.980 bits per heavy atom. The molecule has 2 N–H and O–H groups in total. The minimum atomic E-state index is -4.51. The van der Waals surface area contributed by atoms with E-state index >= 15 is 0 Å². The van der Waals surface area contributed by atoms with Gasteiger partial charge in [0.25, 0.3) is 21.6 Å². The number of nitro groups is 1. The van der Waals surface area contributed by atoms with E-state index in [2.05, 4.69) is 15.1 Å². The molecule has 0 saturated carbocycles. The monoisotopic (exact) mass is 719 g/mol. The maximum absolute atomic E-state index is 13.7. The first-order valence-corrected chi connectivity index (χ1v) is 16.9. The summed E-state index contributed by atoms with van der Waals surface area (Å²) in [6, 6.07) is 22.0. The number of carbonyl (C=O) groups excluding carboxylic acids is 1. The highest BCUT2D eigenvalue weighted by atomic mass is 35.5. The van der Waals surface area contributed by atoms with E-state index in [-0.39, 0.29) is 35.1 Å². The molecule has 12 nitrogen and oxygen atoms in total. The normalized spacial score (nSPS) is 11.4. The number of ether oxygens (including phenoxy) is 1. The van der Waals surface area contributed by atoms with Crippen LogP contribution in [0.5, 0.6) is 11.5 Å². The number of nitro benzene ring substituents is 1. The highest BCUT2D eigenvalue weighted by Gasteiger charge is 2.27. The van der Waals surface area contributed by atoms with Crippen molar-refractivity contribution in [3.8, 4) is 11.5 Å². The van der Waals surface area contributed by atoms with Crippen LogP contribution >= 0.6 is 23.2 Å². The molecular weight excluding hydrogens is 693 g/mol. The molecule has 1 amide bonds. The van der Waals surface area contributed by atoms with Crippen LogP contribution < -0.4 is 14.8 Å². The fourth-order valence-corrected chi connectivity index (χ4v) is 6.46. The second-order valence-corrected chi connectivity index (χ2v) is 13.6. The quantitative estimate of drug-likeness (QED) is 0.0998. The fraction of sp³-hybridized carbons (Fsp3) is 0.118. The van der Waals surface area contributed by atoms with Gasteiger partial charge in [-0.05, 0) is 97.3 Å². The van der Waals surface area contributed by atoms with Crippen molar-refractivity contribution < 1.29 is 27.3 Å². The number of nitrogens with zero attached hydrogens (tertiary/aromatic N) is 3. The van der Waals surface area contributed by atoms with Crippen LogP contribution in [0.4, 0.5) is 11.4 Å². The number of hydrogen-bond donors (Lipinski definition) is 2. The SMILES string of the molecule is Cc1cc(Oc2ccc(Cn3nc4cc(Cl)ccc4c3C(=O)NS(=O)(=O)c3ccc([N+](=O)[O-])c(NCc4ccco4)c3)cc2)cc(C)c1Cl. The van der Waals surface area contributed by atoms with Gasteiger partial charge in [-0.25, -0.2) is 13.1 Å². The van der Waals surface area contributed by atoms with Gasteiger partial charge in [0.15, 0.2) is 0 Å². The number of halogens is 2. The molecule has 0 aliphatic rings. The van der Waals surface area contributed by atoms with Crippen molar-refractivity contribution in [2.24, 2.45) is 0 Å². The first-order valence-electron chi connectivity index (χ1n) is 14.7. The van der Waals surface area contributed by atoms with Gasteiger partial charge >= 0.3 is 0 Å². The molecule has 0 fully saturated rings. The lowest BCUT2D eigenvalue weighted by molar-refractivity contribution is -0.384. The summed E-state index contributed by atoms with van der Waals surface area (Å²) in [5.41, 5.74) is 2.45. The minimum absolute atomic E-state index is 0.0271. The number of anilines is 1. The molecule has 0 aliphatic carbocycles. The number of sulfonamides is 1. The molecule has 2 heterocycles. The van der Waals surface area contributed by atoms with E-state index in [9.17, 15) is 23.3 Å². The van der Waals surface area contributed by atoms with Gasteiger partial charge in [0.05, 0.1) is 34.7 Å². The second-order valence-electron chi connectivity index (χ2n) is 11.1. The Balaban J connectivity index is 1.26. The number of carbonyl (C=O) groups is 1. The van der Waals surface area contributed by atoms with Crippen molar-refractivity contribution in [2.75, 3.05) is 5.32 Å². The number of fused-ring (bicyclic) bond motifs is 1. The maximum atomic E-state index is 13.7. The number of furan rings is 1.